The van der Waals surface area contributed by atoms with Gasteiger partial charge in [-0.15, -0.1) is 0 Å². The van der Waals surface area contributed by atoms with Crippen molar-refractivity contribution >= 4 is 9.84 Å². The van der Waals surface area contributed by atoms with E-state index in [2.05, 4.69) is 5.32 Å². The topological polar surface area (TPSA) is 55.4 Å². The van der Waals surface area contributed by atoms with Gasteiger partial charge in [0.1, 0.15) is 12.4 Å². The number of rotatable bonds is 8. The Kier molecular flexibility index (Phi) is 6.31. The molecule has 0 aliphatic carbocycles. The van der Waals surface area contributed by atoms with Crippen LogP contribution in [-0.2, 0) is 9.84 Å². The summed E-state index contributed by atoms with van der Waals surface area (Å²) in [5, 5.41) is 3.15. The number of hydrogen-bond acceptors (Lipinski definition) is 4. The molecule has 0 spiro atoms. The van der Waals surface area contributed by atoms with Gasteiger partial charge in [-0.25, -0.2) is 8.42 Å². The Labute approximate surface area is 116 Å². The SMILES string of the molecule is CCCS(=O)(=O)CCOc1ccccc1C(C)NC. The molecule has 0 heterocycles. The molecule has 0 fully saturated rings. The van der Waals surface area contributed by atoms with Crippen LogP contribution in [0, 0.1) is 0 Å². The van der Waals surface area contributed by atoms with Gasteiger partial charge in [0.2, 0.25) is 0 Å². The van der Waals surface area contributed by atoms with Crippen LogP contribution in [0.5, 0.6) is 5.75 Å². The molecule has 4 nitrogen and oxygen atoms in total. The Morgan fingerprint density at radius 3 is 2.58 bits per heavy atom. The van der Waals surface area contributed by atoms with Crippen LogP contribution < -0.4 is 10.1 Å². The Balaban J connectivity index is 2.63. The molecule has 0 aromatic heterocycles. The van der Waals surface area contributed by atoms with Gasteiger partial charge in [-0.3, -0.25) is 0 Å². The molecule has 1 rings (SSSR count). The molecule has 0 saturated carbocycles. The average Bonchev–Trinajstić information content (AvgIpc) is 2.38. The standard InChI is InChI=1S/C14H23NO3S/c1-4-10-19(16,17)11-9-18-14-8-6-5-7-13(14)12(2)15-3/h5-8,12,15H,4,9-11H2,1-3H3. The van der Waals surface area contributed by atoms with Crippen molar-refractivity contribution in [3.63, 3.8) is 0 Å². The van der Waals surface area contributed by atoms with Crippen LogP contribution in [0.2, 0.25) is 0 Å². The summed E-state index contributed by atoms with van der Waals surface area (Å²) in [5.74, 6) is 1.05. The van der Waals surface area contributed by atoms with Crippen LogP contribution in [0.3, 0.4) is 0 Å². The zero-order chi connectivity index (χ0) is 14.3. The van der Waals surface area contributed by atoms with Crippen LogP contribution in [-0.4, -0.2) is 33.6 Å². The fourth-order valence-electron chi connectivity index (χ4n) is 1.82. The van der Waals surface area contributed by atoms with Crippen molar-refractivity contribution in [2.75, 3.05) is 25.2 Å². The Hall–Kier alpha value is -1.07. The molecular weight excluding hydrogens is 262 g/mol. The number of hydrogen-bond donors (Lipinski definition) is 1. The van der Waals surface area contributed by atoms with Gasteiger partial charge in [-0.1, -0.05) is 25.1 Å². The second-order valence-electron chi connectivity index (χ2n) is 4.55. The lowest BCUT2D eigenvalue weighted by Crippen LogP contribution is -2.18. The predicted octanol–water partition coefficient (Wildman–Crippen LogP) is 2.17. The van der Waals surface area contributed by atoms with Crippen LogP contribution in [0.15, 0.2) is 24.3 Å². The monoisotopic (exact) mass is 285 g/mol. The van der Waals surface area contributed by atoms with Crippen LogP contribution >= 0.6 is 0 Å². The lowest BCUT2D eigenvalue weighted by Gasteiger charge is -2.16. The van der Waals surface area contributed by atoms with Gasteiger partial charge in [-0.2, -0.15) is 0 Å². The molecule has 0 bridgehead atoms. The highest BCUT2D eigenvalue weighted by atomic mass is 32.2. The van der Waals surface area contributed by atoms with Crippen molar-refractivity contribution in [2.45, 2.75) is 26.3 Å². The molecule has 5 heteroatoms. The molecule has 19 heavy (non-hydrogen) atoms. The maximum Gasteiger partial charge on any atom is 0.153 e. The molecule has 1 N–H and O–H groups in total. The van der Waals surface area contributed by atoms with Crippen molar-refractivity contribution in [1.82, 2.24) is 5.32 Å². The molecule has 0 radical (unpaired) electrons. The van der Waals surface area contributed by atoms with Gasteiger partial charge >= 0.3 is 0 Å². The third kappa shape index (κ3) is 5.20. The molecule has 1 aromatic carbocycles. The highest BCUT2D eigenvalue weighted by Gasteiger charge is 2.12. The van der Waals surface area contributed by atoms with E-state index in [9.17, 15) is 8.42 Å². The highest BCUT2D eigenvalue weighted by Crippen LogP contribution is 2.24. The maximum atomic E-state index is 11.6. The molecular formula is C14H23NO3S. The first-order valence-corrected chi connectivity index (χ1v) is 8.41. The van der Waals surface area contributed by atoms with Crippen molar-refractivity contribution in [3.05, 3.63) is 29.8 Å². The predicted molar refractivity (Wildman–Crippen MR) is 78.4 cm³/mol. The van der Waals surface area contributed by atoms with Crippen LogP contribution in [0.1, 0.15) is 31.9 Å². The van der Waals surface area contributed by atoms with E-state index >= 15 is 0 Å². The van der Waals surface area contributed by atoms with Gasteiger partial charge in [-0.05, 0) is 26.5 Å². The molecule has 0 amide bonds. The van der Waals surface area contributed by atoms with Crippen LogP contribution in [0.4, 0.5) is 0 Å². The summed E-state index contributed by atoms with van der Waals surface area (Å²) in [4.78, 5) is 0. The molecule has 1 aromatic rings. The van der Waals surface area contributed by atoms with E-state index in [0.29, 0.717) is 6.42 Å². The normalized spacial score (nSPS) is 13.2. The molecule has 0 aliphatic rings. The van der Waals surface area contributed by atoms with E-state index < -0.39 is 9.84 Å². The highest BCUT2D eigenvalue weighted by molar-refractivity contribution is 7.91. The largest absolute Gasteiger partial charge is 0.492 e. The summed E-state index contributed by atoms with van der Waals surface area (Å²) >= 11 is 0. The van der Waals surface area contributed by atoms with E-state index in [1.165, 1.54) is 0 Å². The third-order valence-corrected chi connectivity index (χ3v) is 4.80. The summed E-state index contributed by atoms with van der Waals surface area (Å²) in [6, 6.07) is 7.86. The number of ether oxygens (including phenoxy) is 1. The minimum atomic E-state index is -2.98. The van der Waals surface area contributed by atoms with Crippen molar-refractivity contribution in [1.29, 1.82) is 0 Å². The minimum Gasteiger partial charge on any atom is -0.492 e. The fourth-order valence-corrected chi connectivity index (χ4v) is 2.98. The number of nitrogens with one attached hydrogen (secondary N) is 1. The second-order valence-corrected chi connectivity index (χ2v) is 6.85. The zero-order valence-electron chi connectivity index (χ0n) is 11.8. The molecule has 1 unspecified atom stereocenters. The van der Waals surface area contributed by atoms with E-state index in [1.54, 1.807) is 0 Å². The van der Waals surface area contributed by atoms with E-state index in [0.717, 1.165) is 11.3 Å². The minimum absolute atomic E-state index is 0.0725. The summed E-state index contributed by atoms with van der Waals surface area (Å²) in [6.07, 6.45) is 0.649. The first kappa shape index (κ1) is 16.0. The van der Waals surface area contributed by atoms with Gasteiger partial charge in [0.05, 0.1) is 11.5 Å². The van der Waals surface area contributed by atoms with E-state index in [1.807, 2.05) is 45.2 Å². The Morgan fingerprint density at radius 1 is 1.26 bits per heavy atom. The quantitative estimate of drug-likeness (QED) is 0.795. The van der Waals surface area contributed by atoms with Crippen molar-refractivity contribution in [3.8, 4) is 5.75 Å². The summed E-state index contributed by atoms with van der Waals surface area (Å²) < 4.78 is 28.8. The first-order valence-electron chi connectivity index (χ1n) is 6.59. The van der Waals surface area contributed by atoms with Gasteiger partial charge in [0.25, 0.3) is 0 Å². The van der Waals surface area contributed by atoms with E-state index in [-0.39, 0.29) is 24.2 Å². The average molecular weight is 285 g/mol. The third-order valence-electron chi connectivity index (χ3n) is 2.99. The number of para-hydroxylation sites is 1. The van der Waals surface area contributed by atoms with Gasteiger partial charge < -0.3 is 10.1 Å². The molecule has 0 saturated heterocycles. The second kappa shape index (κ2) is 7.50. The summed E-state index contributed by atoms with van der Waals surface area (Å²) in [6.45, 7) is 4.11. The van der Waals surface area contributed by atoms with Crippen molar-refractivity contribution in [2.24, 2.45) is 0 Å². The van der Waals surface area contributed by atoms with E-state index in [4.69, 9.17) is 4.74 Å². The lowest BCUT2D eigenvalue weighted by molar-refractivity contribution is 0.334. The number of benzene rings is 1. The molecule has 0 aliphatic heterocycles. The lowest BCUT2D eigenvalue weighted by atomic mass is 10.1. The molecule has 108 valence electrons. The fraction of sp³-hybridized carbons (Fsp3) is 0.571. The Morgan fingerprint density at radius 2 is 1.95 bits per heavy atom. The summed E-state index contributed by atoms with van der Waals surface area (Å²) in [5.41, 5.74) is 1.04. The Bertz CT molecular complexity index is 485. The molecule has 1 atom stereocenters. The maximum absolute atomic E-state index is 11.6. The van der Waals surface area contributed by atoms with Crippen LogP contribution in [0.25, 0.3) is 0 Å². The first-order chi connectivity index (χ1) is 9.00. The zero-order valence-corrected chi connectivity index (χ0v) is 12.7. The van der Waals surface area contributed by atoms with Gasteiger partial charge in [0, 0.05) is 11.6 Å². The van der Waals surface area contributed by atoms with Crippen molar-refractivity contribution < 1.29 is 13.2 Å². The van der Waals surface area contributed by atoms with Gasteiger partial charge in [0.15, 0.2) is 9.84 Å². The summed E-state index contributed by atoms with van der Waals surface area (Å²) in [7, 11) is -1.10. The smallest absolute Gasteiger partial charge is 0.153 e. The number of sulfone groups is 1.